The van der Waals surface area contributed by atoms with E-state index >= 15 is 0 Å². The number of aryl methyl sites for hydroxylation is 1. The fraction of sp³-hybridized carbons (Fsp3) is 0.100. The van der Waals surface area contributed by atoms with Gasteiger partial charge in [0.05, 0.1) is 10.7 Å². The zero-order chi connectivity index (χ0) is 9.97. The van der Waals surface area contributed by atoms with Crippen LogP contribution in [0.1, 0.15) is 5.56 Å². The summed E-state index contributed by atoms with van der Waals surface area (Å²) >= 11 is 5.98. The van der Waals surface area contributed by atoms with Crippen molar-refractivity contribution in [2.24, 2.45) is 0 Å². The van der Waals surface area contributed by atoms with Gasteiger partial charge in [-0.2, -0.15) is 0 Å². The summed E-state index contributed by atoms with van der Waals surface area (Å²) in [5.41, 5.74) is 2.77. The van der Waals surface area contributed by atoms with Gasteiger partial charge in [0.25, 0.3) is 0 Å². The van der Waals surface area contributed by atoms with Gasteiger partial charge in [-0.05, 0) is 18.6 Å². The van der Waals surface area contributed by atoms with E-state index in [0.29, 0.717) is 5.02 Å². The third-order valence-electron chi connectivity index (χ3n) is 1.96. The van der Waals surface area contributed by atoms with Crippen molar-refractivity contribution in [3.63, 3.8) is 0 Å². The Kier molecular flexibility index (Phi) is 2.41. The lowest BCUT2D eigenvalue weighted by Crippen LogP contribution is -1.90. The summed E-state index contributed by atoms with van der Waals surface area (Å²) in [5.74, 6) is 0. The lowest BCUT2D eigenvalue weighted by atomic mass is 10.1. The zero-order valence-electron chi connectivity index (χ0n) is 7.61. The molecular weight excluding hydrogens is 198 g/mol. The molecule has 14 heavy (non-hydrogen) atoms. The van der Waals surface area contributed by atoms with Crippen LogP contribution in [-0.2, 0) is 0 Å². The summed E-state index contributed by atoms with van der Waals surface area (Å²) in [7, 11) is 0. The molecule has 0 saturated heterocycles. The molecule has 0 unspecified atom stereocenters. The first-order chi connectivity index (χ1) is 6.79. The molecule has 2 aromatic rings. The number of nitrogens with zero attached hydrogens (tertiary/aromatic N) is 3. The quantitative estimate of drug-likeness (QED) is 0.718. The second-order valence-corrected chi connectivity index (χ2v) is 3.32. The molecule has 0 aromatic carbocycles. The smallest absolute Gasteiger partial charge is 0.116 e. The predicted octanol–water partition coefficient (Wildman–Crippen LogP) is 2.50. The van der Waals surface area contributed by atoms with E-state index in [1.54, 1.807) is 18.6 Å². The van der Waals surface area contributed by atoms with Crippen LogP contribution < -0.4 is 0 Å². The van der Waals surface area contributed by atoms with Gasteiger partial charge in [0.15, 0.2) is 0 Å². The lowest BCUT2D eigenvalue weighted by Gasteiger charge is -2.04. The first kappa shape index (κ1) is 9.09. The summed E-state index contributed by atoms with van der Waals surface area (Å²) in [5, 5.41) is 0.545. The molecule has 0 atom stereocenters. The maximum absolute atomic E-state index is 5.98. The van der Waals surface area contributed by atoms with Crippen LogP contribution in [0.2, 0.25) is 5.02 Å². The van der Waals surface area contributed by atoms with Gasteiger partial charge in [0.1, 0.15) is 6.33 Å². The van der Waals surface area contributed by atoms with E-state index in [1.807, 2.05) is 13.0 Å². The van der Waals surface area contributed by atoms with Crippen LogP contribution in [0.5, 0.6) is 0 Å². The maximum atomic E-state index is 5.98. The van der Waals surface area contributed by atoms with Crippen LogP contribution >= 0.6 is 11.6 Å². The van der Waals surface area contributed by atoms with Gasteiger partial charge in [-0.3, -0.25) is 4.98 Å². The molecule has 3 nitrogen and oxygen atoms in total. The number of pyridine rings is 1. The summed E-state index contributed by atoms with van der Waals surface area (Å²) in [6.07, 6.45) is 6.56. The lowest BCUT2D eigenvalue weighted by molar-refractivity contribution is 1.16. The molecule has 0 saturated carbocycles. The monoisotopic (exact) mass is 205 g/mol. The van der Waals surface area contributed by atoms with E-state index in [2.05, 4.69) is 15.0 Å². The van der Waals surface area contributed by atoms with Gasteiger partial charge in [-0.15, -0.1) is 0 Å². The highest BCUT2D eigenvalue weighted by Gasteiger charge is 2.06. The molecule has 0 spiro atoms. The summed E-state index contributed by atoms with van der Waals surface area (Å²) < 4.78 is 0. The summed E-state index contributed by atoms with van der Waals surface area (Å²) in [6, 6.07) is 1.92. The Labute approximate surface area is 86.8 Å². The zero-order valence-corrected chi connectivity index (χ0v) is 8.36. The second kappa shape index (κ2) is 3.72. The molecule has 0 radical (unpaired) electrons. The first-order valence-electron chi connectivity index (χ1n) is 4.15. The molecule has 0 N–H and O–H groups in total. The van der Waals surface area contributed by atoms with E-state index in [0.717, 1.165) is 16.8 Å². The molecule has 2 rings (SSSR count). The Morgan fingerprint density at radius 1 is 1.21 bits per heavy atom. The largest absolute Gasteiger partial charge is 0.264 e. The van der Waals surface area contributed by atoms with Crippen molar-refractivity contribution in [1.82, 2.24) is 15.0 Å². The molecule has 0 aliphatic heterocycles. The Morgan fingerprint density at radius 2 is 2.07 bits per heavy atom. The normalized spacial score (nSPS) is 10.1. The third-order valence-corrected chi connectivity index (χ3v) is 2.24. The van der Waals surface area contributed by atoms with Gasteiger partial charge in [-0.25, -0.2) is 9.97 Å². The third kappa shape index (κ3) is 1.59. The standard InChI is InChI=1S/C10H8ClN3/c1-7-2-3-12-4-8(7)10-9(11)5-13-6-14-10/h2-6H,1H3. The SMILES string of the molecule is Cc1ccncc1-c1ncncc1Cl. The predicted molar refractivity (Wildman–Crippen MR) is 55.0 cm³/mol. The van der Waals surface area contributed by atoms with Gasteiger partial charge in [-0.1, -0.05) is 11.6 Å². The second-order valence-electron chi connectivity index (χ2n) is 2.91. The minimum atomic E-state index is 0.545. The van der Waals surface area contributed by atoms with E-state index in [1.165, 1.54) is 6.33 Å². The molecule has 2 aromatic heterocycles. The molecule has 2 heterocycles. The maximum Gasteiger partial charge on any atom is 0.116 e. The molecule has 0 aliphatic rings. The molecule has 0 fully saturated rings. The molecular formula is C10H8ClN3. The molecule has 0 amide bonds. The van der Waals surface area contributed by atoms with E-state index in [4.69, 9.17) is 11.6 Å². The Hall–Kier alpha value is -1.48. The highest BCUT2D eigenvalue weighted by molar-refractivity contribution is 6.32. The fourth-order valence-corrected chi connectivity index (χ4v) is 1.43. The Balaban J connectivity index is 2.61. The van der Waals surface area contributed by atoms with Crippen molar-refractivity contribution in [1.29, 1.82) is 0 Å². The van der Waals surface area contributed by atoms with Crippen molar-refractivity contribution >= 4 is 11.6 Å². The number of hydrogen-bond acceptors (Lipinski definition) is 3. The van der Waals surface area contributed by atoms with Crippen LogP contribution in [0, 0.1) is 6.92 Å². The number of aromatic nitrogens is 3. The van der Waals surface area contributed by atoms with Gasteiger partial charge < -0.3 is 0 Å². The van der Waals surface area contributed by atoms with Crippen LogP contribution in [0.15, 0.2) is 31.0 Å². The Morgan fingerprint density at radius 3 is 2.79 bits per heavy atom. The topological polar surface area (TPSA) is 38.7 Å². The minimum Gasteiger partial charge on any atom is -0.264 e. The van der Waals surface area contributed by atoms with E-state index < -0.39 is 0 Å². The van der Waals surface area contributed by atoms with E-state index in [9.17, 15) is 0 Å². The van der Waals surface area contributed by atoms with Crippen molar-refractivity contribution in [2.75, 3.05) is 0 Å². The average Bonchev–Trinajstić information content (AvgIpc) is 2.20. The highest BCUT2D eigenvalue weighted by atomic mass is 35.5. The number of rotatable bonds is 1. The van der Waals surface area contributed by atoms with Crippen molar-refractivity contribution in [3.8, 4) is 11.3 Å². The molecule has 70 valence electrons. The minimum absolute atomic E-state index is 0.545. The van der Waals surface area contributed by atoms with Crippen molar-refractivity contribution in [2.45, 2.75) is 6.92 Å². The van der Waals surface area contributed by atoms with Gasteiger partial charge in [0, 0.05) is 24.2 Å². The van der Waals surface area contributed by atoms with Crippen LogP contribution in [0.3, 0.4) is 0 Å². The van der Waals surface area contributed by atoms with Gasteiger partial charge in [0.2, 0.25) is 0 Å². The van der Waals surface area contributed by atoms with Crippen LogP contribution in [0.4, 0.5) is 0 Å². The number of halogens is 1. The molecule has 0 bridgehead atoms. The average molecular weight is 206 g/mol. The summed E-state index contributed by atoms with van der Waals surface area (Å²) in [6.45, 7) is 2.00. The van der Waals surface area contributed by atoms with Gasteiger partial charge >= 0.3 is 0 Å². The Bertz CT molecular complexity index is 413. The summed E-state index contributed by atoms with van der Waals surface area (Å²) in [4.78, 5) is 12.0. The molecule has 4 heteroatoms. The van der Waals surface area contributed by atoms with Crippen molar-refractivity contribution in [3.05, 3.63) is 41.6 Å². The highest BCUT2D eigenvalue weighted by Crippen LogP contribution is 2.25. The van der Waals surface area contributed by atoms with Crippen LogP contribution in [-0.4, -0.2) is 15.0 Å². The molecule has 0 aliphatic carbocycles. The van der Waals surface area contributed by atoms with Crippen LogP contribution in [0.25, 0.3) is 11.3 Å². The van der Waals surface area contributed by atoms with E-state index in [-0.39, 0.29) is 0 Å². The number of hydrogen-bond donors (Lipinski definition) is 0. The fourth-order valence-electron chi connectivity index (χ4n) is 1.22. The first-order valence-corrected chi connectivity index (χ1v) is 4.53. The van der Waals surface area contributed by atoms with Crippen molar-refractivity contribution < 1.29 is 0 Å².